The van der Waals surface area contributed by atoms with Crippen LogP contribution in [0, 0.1) is 10.1 Å². The van der Waals surface area contributed by atoms with Gasteiger partial charge in [0.05, 0.1) is 37.8 Å². The fourth-order valence-electron chi connectivity index (χ4n) is 4.83. The molecule has 0 aliphatic heterocycles. The van der Waals surface area contributed by atoms with Gasteiger partial charge in [-0.2, -0.15) is 0 Å². The van der Waals surface area contributed by atoms with Crippen LogP contribution in [0.2, 0.25) is 0 Å². The normalized spacial score (nSPS) is 13.8. The number of hydrogen-bond donors (Lipinski definition) is 2. The highest BCUT2D eigenvalue weighted by molar-refractivity contribution is 7.98. The number of benzene rings is 2. The molecule has 210 valence electrons. The van der Waals surface area contributed by atoms with Gasteiger partial charge in [-0.15, -0.1) is 21.9 Å². The molecule has 2 N–H and O–H groups in total. The second-order valence-corrected chi connectivity index (χ2v) is 9.72. The fourth-order valence-corrected chi connectivity index (χ4v) is 5.30. The predicted molar refractivity (Wildman–Crippen MR) is 148 cm³/mol. The maximum absolute atomic E-state index is 13.4. The van der Waals surface area contributed by atoms with Crippen LogP contribution in [0.15, 0.2) is 52.2 Å². The minimum atomic E-state index is -0.936. The zero-order valence-electron chi connectivity index (χ0n) is 22.3. The number of fused-ring (bicyclic) bond motifs is 3. The quantitative estimate of drug-likeness (QED) is 0.218. The lowest BCUT2D eigenvalue weighted by Crippen LogP contribution is -2.29. The van der Waals surface area contributed by atoms with E-state index in [1.807, 2.05) is 18.4 Å². The number of phenols is 1. The molecule has 1 amide bonds. The van der Waals surface area contributed by atoms with Gasteiger partial charge in [0.1, 0.15) is 12.4 Å². The highest BCUT2D eigenvalue weighted by Gasteiger charge is 2.30. The van der Waals surface area contributed by atoms with Gasteiger partial charge in [0.25, 0.3) is 11.0 Å². The van der Waals surface area contributed by atoms with Crippen molar-refractivity contribution in [3.05, 3.63) is 85.1 Å². The van der Waals surface area contributed by atoms with E-state index in [4.69, 9.17) is 14.2 Å². The summed E-state index contributed by atoms with van der Waals surface area (Å²) in [6.07, 6.45) is 2.71. The van der Waals surface area contributed by atoms with E-state index in [2.05, 4.69) is 10.2 Å². The van der Waals surface area contributed by atoms with E-state index in [1.54, 1.807) is 6.07 Å². The van der Waals surface area contributed by atoms with Gasteiger partial charge in [0, 0.05) is 5.56 Å². The van der Waals surface area contributed by atoms with Crippen molar-refractivity contribution < 1.29 is 34.0 Å². The molecule has 0 aromatic heterocycles. The van der Waals surface area contributed by atoms with E-state index >= 15 is 0 Å². The second-order valence-electron chi connectivity index (χ2n) is 8.87. The second kappa shape index (κ2) is 12.2. The molecule has 12 heteroatoms. The van der Waals surface area contributed by atoms with Crippen molar-refractivity contribution in [2.24, 2.45) is 0 Å². The van der Waals surface area contributed by atoms with Crippen LogP contribution in [0.5, 0.6) is 23.0 Å². The lowest BCUT2D eigenvalue weighted by Gasteiger charge is -2.20. The molecule has 0 saturated heterocycles. The summed E-state index contributed by atoms with van der Waals surface area (Å²) < 4.78 is 17.0. The van der Waals surface area contributed by atoms with Crippen LogP contribution in [0.25, 0.3) is 11.1 Å². The van der Waals surface area contributed by atoms with E-state index in [9.17, 15) is 24.8 Å². The number of thioether (sulfide) groups is 1. The van der Waals surface area contributed by atoms with Gasteiger partial charge in [-0.25, -0.2) is 0 Å². The minimum Gasteiger partial charge on any atom is -0.507 e. The Balaban J connectivity index is 1.85. The fraction of sp³-hybridized carbons (Fsp3) is 0.286. The molecule has 0 spiro atoms. The molecule has 0 saturated carbocycles. The Hall–Kier alpha value is -4.45. The first-order chi connectivity index (χ1) is 19.2. The Morgan fingerprint density at radius 3 is 2.50 bits per heavy atom. The van der Waals surface area contributed by atoms with Gasteiger partial charge < -0.3 is 29.5 Å². The first-order valence-electron chi connectivity index (χ1n) is 12.2. The molecule has 4 rings (SSSR count). The zero-order chi connectivity index (χ0) is 29.0. The number of amides is 1. The lowest BCUT2D eigenvalue weighted by atomic mass is 9.95. The summed E-state index contributed by atoms with van der Waals surface area (Å²) >= 11 is 1.31. The molecule has 40 heavy (non-hydrogen) atoms. The number of carbonyl (C=O) groups excluding carboxylic acids is 1. The molecule has 1 aliphatic rings. The molecule has 1 aliphatic carbocycles. The third kappa shape index (κ3) is 5.62. The largest absolute Gasteiger partial charge is 0.507 e. The highest BCUT2D eigenvalue weighted by Crippen LogP contribution is 2.50. The molecule has 1 atom stereocenters. The van der Waals surface area contributed by atoms with Crippen molar-refractivity contribution in [1.29, 1.82) is 0 Å². The van der Waals surface area contributed by atoms with Crippen molar-refractivity contribution in [1.82, 2.24) is 5.32 Å². The molecule has 0 radical (unpaired) electrons. The maximum atomic E-state index is 13.4. The summed E-state index contributed by atoms with van der Waals surface area (Å²) in [5, 5.41) is 23.0. The van der Waals surface area contributed by atoms with Crippen molar-refractivity contribution in [3.8, 4) is 34.1 Å². The van der Waals surface area contributed by atoms with Gasteiger partial charge in [0.2, 0.25) is 5.75 Å². The van der Waals surface area contributed by atoms with E-state index in [-0.39, 0.29) is 23.3 Å². The zero-order valence-corrected chi connectivity index (χ0v) is 23.1. The molecule has 0 heterocycles. The summed E-state index contributed by atoms with van der Waals surface area (Å²) in [6.45, 7) is -0.384. The van der Waals surface area contributed by atoms with Crippen molar-refractivity contribution in [2.75, 3.05) is 27.6 Å². The van der Waals surface area contributed by atoms with Gasteiger partial charge in [-0.05, 0) is 71.7 Å². The van der Waals surface area contributed by atoms with Crippen molar-refractivity contribution in [3.63, 3.8) is 0 Å². The number of aromatic hydroxyl groups is 1. The molecule has 3 aromatic rings. The van der Waals surface area contributed by atoms with Crippen LogP contribution in [-0.2, 0) is 17.9 Å². The number of rotatable bonds is 9. The third-order valence-electron chi connectivity index (χ3n) is 6.67. The van der Waals surface area contributed by atoms with Crippen molar-refractivity contribution >= 4 is 17.7 Å². The Morgan fingerprint density at radius 2 is 1.85 bits per heavy atom. The summed E-state index contributed by atoms with van der Waals surface area (Å²) in [5.41, 5.74) is 2.87. The van der Waals surface area contributed by atoms with Crippen LogP contribution in [0.1, 0.15) is 39.5 Å². The number of aryl methyl sites for hydroxylation is 1. The number of hydrogen-bond acceptors (Lipinski definition) is 10. The third-order valence-corrected chi connectivity index (χ3v) is 7.45. The van der Waals surface area contributed by atoms with Gasteiger partial charge in [-0.1, -0.05) is 12.1 Å². The topological polar surface area (TPSA) is 146 Å². The molecule has 0 unspecified atom stereocenters. The Morgan fingerprint density at radius 1 is 1.10 bits per heavy atom. The summed E-state index contributed by atoms with van der Waals surface area (Å²) in [6, 6.07) is 10.3. The van der Waals surface area contributed by atoms with Gasteiger partial charge >= 0.3 is 0 Å². The van der Waals surface area contributed by atoms with Crippen LogP contribution in [0.4, 0.5) is 0 Å². The molecule has 3 aromatic carbocycles. The predicted octanol–water partition coefficient (Wildman–Crippen LogP) is 4.29. The lowest BCUT2D eigenvalue weighted by molar-refractivity contribution is -0.763. The van der Waals surface area contributed by atoms with Crippen LogP contribution in [-0.4, -0.2) is 43.7 Å². The van der Waals surface area contributed by atoms with Gasteiger partial charge in [-0.3, -0.25) is 9.59 Å². The molecule has 0 bridgehead atoms. The standard InChI is InChI=1S/C28H28N2O9S/c1-36-23-12-16-6-8-20(29-28(33)19-11-15(5-9-21(19)31)14-39-30(34)35)18-13-22(32)24(40-4)10-7-17(18)25(16)27(38-3)26(23)37-2/h5,7,9-13,20,31H,6,8,14H2,1-4H3,(H,29,33)/t20-/m0/s1. The molecular weight excluding hydrogens is 540 g/mol. The molecular formula is C28H28N2O9S. The molecule has 11 nitrogen and oxygen atoms in total. The van der Waals surface area contributed by atoms with Crippen LogP contribution >= 0.6 is 11.8 Å². The first-order valence-corrected chi connectivity index (χ1v) is 13.4. The smallest absolute Gasteiger partial charge is 0.294 e. The average molecular weight is 569 g/mol. The van der Waals surface area contributed by atoms with Gasteiger partial charge in [0.15, 0.2) is 16.9 Å². The Bertz CT molecular complexity index is 1530. The Kier molecular flexibility index (Phi) is 8.68. The van der Waals surface area contributed by atoms with Crippen LogP contribution < -0.4 is 25.0 Å². The number of methoxy groups -OCH3 is 3. The highest BCUT2D eigenvalue weighted by atomic mass is 32.2. The Labute approximate surface area is 234 Å². The number of carbonyl (C=O) groups is 1. The monoisotopic (exact) mass is 568 g/mol. The van der Waals surface area contributed by atoms with E-state index in [1.165, 1.54) is 57.4 Å². The minimum absolute atomic E-state index is 0.0823. The van der Waals surface area contributed by atoms with E-state index in [0.717, 1.165) is 11.1 Å². The number of nitrogens with zero attached hydrogens (tertiary/aromatic N) is 1. The number of nitrogens with one attached hydrogen (secondary N) is 1. The van der Waals surface area contributed by atoms with E-state index in [0.29, 0.717) is 51.7 Å². The van der Waals surface area contributed by atoms with Crippen molar-refractivity contribution in [2.45, 2.75) is 30.4 Å². The molecule has 0 fully saturated rings. The number of phenolic OH excluding ortho intramolecular Hbond substituents is 1. The maximum Gasteiger partial charge on any atom is 0.294 e. The average Bonchev–Trinajstić information content (AvgIpc) is 3.19. The van der Waals surface area contributed by atoms with E-state index < -0.39 is 17.0 Å². The summed E-state index contributed by atoms with van der Waals surface area (Å²) in [5.74, 6) is 0.396. The number of ether oxygens (including phenoxy) is 3. The summed E-state index contributed by atoms with van der Waals surface area (Å²) in [4.78, 5) is 42.1. The summed E-state index contributed by atoms with van der Waals surface area (Å²) in [7, 11) is 4.56. The first kappa shape index (κ1) is 28.6. The SMILES string of the molecule is COc1cc2c(c(OC)c1OC)-c1ccc(SC)c(=O)cc1[C@@H](NC(=O)c1cc(CO[N+](=O)[O-])ccc1O)CC2. The van der Waals surface area contributed by atoms with Crippen LogP contribution in [0.3, 0.4) is 0 Å².